The number of rotatable bonds is 7. The first-order valence-corrected chi connectivity index (χ1v) is 9.03. The van der Waals surface area contributed by atoms with Gasteiger partial charge < -0.3 is 14.2 Å². The molecule has 0 aliphatic rings. The smallest absolute Gasteiger partial charge is 0.279 e. The Hall–Kier alpha value is -2.45. The minimum Gasteiger partial charge on any atom is -0.497 e. The van der Waals surface area contributed by atoms with Gasteiger partial charge in [-0.05, 0) is 49.4 Å². The van der Waals surface area contributed by atoms with E-state index in [1.807, 2.05) is 0 Å². The molecule has 0 saturated carbocycles. The van der Waals surface area contributed by atoms with Crippen molar-refractivity contribution in [3.8, 4) is 17.2 Å². The molecule has 27 heavy (non-hydrogen) atoms. The van der Waals surface area contributed by atoms with E-state index in [2.05, 4.69) is 26.8 Å². The molecule has 1 unspecified atom stereocenters. The predicted octanol–water partition coefficient (Wildman–Crippen LogP) is 3.10. The van der Waals surface area contributed by atoms with Gasteiger partial charge in [-0.25, -0.2) is 0 Å². The standard InChI is InChI=1S/C18H18BrClN2O5/c1-11(27-14-6-4-13(25-2)5-7-14)18(24)22-21-17(23)10-26-16-8-3-12(19)9-15(16)20/h3-9,11H,10H2,1-2H3,(H,21,23)(H,22,24). The van der Waals surface area contributed by atoms with Crippen molar-refractivity contribution in [2.75, 3.05) is 13.7 Å². The summed E-state index contributed by atoms with van der Waals surface area (Å²) < 4.78 is 16.6. The monoisotopic (exact) mass is 456 g/mol. The van der Waals surface area contributed by atoms with Crippen LogP contribution in [0.5, 0.6) is 17.2 Å². The average molecular weight is 458 g/mol. The maximum Gasteiger partial charge on any atom is 0.279 e. The van der Waals surface area contributed by atoms with Gasteiger partial charge in [0, 0.05) is 4.47 Å². The van der Waals surface area contributed by atoms with Gasteiger partial charge in [0.25, 0.3) is 11.8 Å². The van der Waals surface area contributed by atoms with Gasteiger partial charge in [-0.3, -0.25) is 20.4 Å². The lowest BCUT2D eigenvalue weighted by atomic mass is 10.3. The normalized spacial score (nSPS) is 11.3. The van der Waals surface area contributed by atoms with Crippen LogP contribution in [0.3, 0.4) is 0 Å². The number of benzene rings is 2. The van der Waals surface area contributed by atoms with Crippen molar-refractivity contribution >= 4 is 39.3 Å². The molecule has 0 spiro atoms. The van der Waals surface area contributed by atoms with Crippen LogP contribution in [0.2, 0.25) is 5.02 Å². The largest absolute Gasteiger partial charge is 0.497 e. The van der Waals surface area contributed by atoms with Crippen LogP contribution in [0.1, 0.15) is 6.92 Å². The molecule has 0 heterocycles. The second kappa shape index (κ2) is 10.0. The Labute approximate surface area is 170 Å². The zero-order valence-electron chi connectivity index (χ0n) is 14.6. The van der Waals surface area contributed by atoms with Crippen LogP contribution in [0.25, 0.3) is 0 Å². The van der Waals surface area contributed by atoms with Gasteiger partial charge in [-0.1, -0.05) is 27.5 Å². The molecule has 0 aliphatic heterocycles. The zero-order chi connectivity index (χ0) is 19.8. The number of ether oxygens (including phenoxy) is 3. The van der Waals surface area contributed by atoms with E-state index in [0.717, 1.165) is 4.47 Å². The quantitative estimate of drug-likeness (QED) is 0.624. The van der Waals surface area contributed by atoms with Crippen LogP contribution in [0.15, 0.2) is 46.9 Å². The van der Waals surface area contributed by atoms with Gasteiger partial charge in [0.2, 0.25) is 0 Å². The van der Waals surface area contributed by atoms with E-state index >= 15 is 0 Å². The lowest BCUT2D eigenvalue weighted by molar-refractivity contribution is -0.133. The van der Waals surface area contributed by atoms with Crippen molar-refractivity contribution in [1.29, 1.82) is 0 Å². The Balaban J connectivity index is 1.75. The highest BCUT2D eigenvalue weighted by Gasteiger charge is 2.16. The summed E-state index contributed by atoms with van der Waals surface area (Å²) in [7, 11) is 1.56. The molecule has 7 nitrogen and oxygen atoms in total. The first-order chi connectivity index (χ1) is 12.9. The Morgan fingerprint density at radius 3 is 2.41 bits per heavy atom. The Kier molecular flexibility index (Phi) is 7.75. The summed E-state index contributed by atoms with van der Waals surface area (Å²) in [6.07, 6.45) is -0.819. The minimum absolute atomic E-state index is 0.310. The zero-order valence-corrected chi connectivity index (χ0v) is 17.0. The van der Waals surface area contributed by atoms with Crippen molar-refractivity contribution in [2.24, 2.45) is 0 Å². The first kappa shape index (κ1) is 20.9. The van der Waals surface area contributed by atoms with E-state index in [-0.39, 0.29) is 6.61 Å². The SMILES string of the molecule is COc1ccc(OC(C)C(=O)NNC(=O)COc2ccc(Br)cc2Cl)cc1. The maximum atomic E-state index is 12.0. The molecule has 9 heteroatoms. The molecule has 2 amide bonds. The number of methoxy groups -OCH3 is 1. The summed E-state index contributed by atoms with van der Waals surface area (Å²) in [6, 6.07) is 11.8. The lowest BCUT2D eigenvalue weighted by Gasteiger charge is -2.15. The third-order valence-corrected chi connectivity index (χ3v) is 4.11. The highest BCUT2D eigenvalue weighted by atomic mass is 79.9. The van der Waals surface area contributed by atoms with Crippen LogP contribution in [-0.4, -0.2) is 31.6 Å². The van der Waals surface area contributed by atoms with Crippen LogP contribution in [-0.2, 0) is 9.59 Å². The molecule has 2 N–H and O–H groups in total. The molecular weight excluding hydrogens is 440 g/mol. The average Bonchev–Trinajstić information content (AvgIpc) is 2.66. The second-order valence-electron chi connectivity index (χ2n) is 5.34. The highest BCUT2D eigenvalue weighted by molar-refractivity contribution is 9.10. The fourth-order valence-corrected chi connectivity index (χ4v) is 2.64. The number of hydrogen-bond donors (Lipinski definition) is 2. The molecule has 1 atom stereocenters. The topological polar surface area (TPSA) is 85.9 Å². The molecule has 144 valence electrons. The molecule has 0 bridgehead atoms. The molecule has 2 rings (SSSR count). The van der Waals surface area contributed by atoms with Gasteiger partial charge >= 0.3 is 0 Å². The number of halogens is 2. The van der Waals surface area contributed by atoms with Gasteiger partial charge in [0.15, 0.2) is 12.7 Å². The maximum absolute atomic E-state index is 12.0. The van der Waals surface area contributed by atoms with Crippen LogP contribution in [0, 0.1) is 0 Å². The predicted molar refractivity (Wildman–Crippen MR) is 104 cm³/mol. The molecule has 2 aromatic rings. The van der Waals surface area contributed by atoms with E-state index < -0.39 is 17.9 Å². The summed E-state index contributed by atoms with van der Waals surface area (Å²) in [5, 5.41) is 0.364. The van der Waals surface area contributed by atoms with E-state index in [1.165, 1.54) is 0 Å². The first-order valence-electron chi connectivity index (χ1n) is 7.86. The van der Waals surface area contributed by atoms with Crippen LogP contribution < -0.4 is 25.1 Å². The van der Waals surface area contributed by atoms with Crippen molar-refractivity contribution in [3.05, 3.63) is 52.0 Å². The van der Waals surface area contributed by atoms with Gasteiger partial charge in [0.1, 0.15) is 17.2 Å². The summed E-state index contributed by atoms with van der Waals surface area (Å²) in [6.45, 7) is 1.25. The van der Waals surface area contributed by atoms with Crippen molar-refractivity contribution < 1.29 is 23.8 Å². The number of nitrogens with one attached hydrogen (secondary N) is 2. The number of amides is 2. The van der Waals surface area contributed by atoms with E-state index in [0.29, 0.717) is 22.3 Å². The van der Waals surface area contributed by atoms with Gasteiger partial charge in [-0.15, -0.1) is 0 Å². The number of carbonyl (C=O) groups excluding carboxylic acids is 2. The van der Waals surface area contributed by atoms with Crippen LogP contribution in [0.4, 0.5) is 0 Å². The molecule has 0 saturated heterocycles. The second-order valence-corrected chi connectivity index (χ2v) is 6.66. The summed E-state index contributed by atoms with van der Waals surface area (Å²) in [4.78, 5) is 23.8. The number of carbonyl (C=O) groups is 2. The number of hydrogen-bond acceptors (Lipinski definition) is 5. The summed E-state index contributed by atoms with van der Waals surface area (Å²) in [5.74, 6) is 0.480. The molecule has 0 aliphatic carbocycles. The fourth-order valence-electron chi connectivity index (χ4n) is 1.92. The van der Waals surface area contributed by atoms with Crippen molar-refractivity contribution in [2.45, 2.75) is 13.0 Å². The summed E-state index contributed by atoms with van der Waals surface area (Å²) >= 11 is 9.27. The van der Waals surface area contributed by atoms with Crippen molar-refractivity contribution in [3.63, 3.8) is 0 Å². The summed E-state index contributed by atoms with van der Waals surface area (Å²) in [5.41, 5.74) is 4.53. The third-order valence-electron chi connectivity index (χ3n) is 3.32. The highest BCUT2D eigenvalue weighted by Crippen LogP contribution is 2.27. The molecule has 2 aromatic carbocycles. The van der Waals surface area contributed by atoms with E-state index in [4.69, 9.17) is 25.8 Å². The van der Waals surface area contributed by atoms with Gasteiger partial charge in [-0.2, -0.15) is 0 Å². The van der Waals surface area contributed by atoms with Gasteiger partial charge in [0.05, 0.1) is 12.1 Å². The lowest BCUT2D eigenvalue weighted by Crippen LogP contribution is -2.48. The number of hydrazine groups is 1. The minimum atomic E-state index is -0.819. The molecule has 0 radical (unpaired) electrons. The van der Waals surface area contributed by atoms with E-state index in [1.54, 1.807) is 56.5 Å². The Bertz CT molecular complexity index is 801. The Morgan fingerprint density at radius 1 is 1.11 bits per heavy atom. The molecule has 0 aromatic heterocycles. The van der Waals surface area contributed by atoms with Crippen LogP contribution >= 0.6 is 27.5 Å². The fraction of sp³-hybridized carbons (Fsp3) is 0.222. The Morgan fingerprint density at radius 2 is 1.78 bits per heavy atom. The molecular formula is C18H18BrClN2O5. The third kappa shape index (κ3) is 6.65. The van der Waals surface area contributed by atoms with Crippen molar-refractivity contribution in [1.82, 2.24) is 10.9 Å². The molecule has 0 fully saturated rings. The van der Waals surface area contributed by atoms with E-state index in [9.17, 15) is 9.59 Å².